The Morgan fingerprint density at radius 2 is 0.943 bits per heavy atom. The van der Waals surface area contributed by atoms with Crippen LogP contribution in [0.3, 0.4) is 0 Å². The van der Waals surface area contributed by atoms with Crippen LogP contribution in [0.2, 0.25) is 0 Å². The van der Waals surface area contributed by atoms with E-state index >= 15 is 0 Å². The maximum Gasteiger partial charge on any atom is 4.00 e. The molecule has 0 aliphatic rings. The number of fused-ring (bicyclic) bond motifs is 2. The molecule has 0 amide bonds. The predicted molar refractivity (Wildman–Crippen MR) is 143 cm³/mol. The van der Waals surface area contributed by atoms with Gasteiger partial charge in [-0.15, -0.1) is 80.9 Å². The van der Waals surface area contributed by atoms with Crippen molar-refractivity contribution in [1.29, 1.82) is 0 Å². The van der Waals surface area contributed by atoms with Gasteiger partial charge in [0.2, 0.25) is 0 Å². The minimum absolute atomic E-state index is 0. The molecule has 0 saturated carbocycles. The summed E-state index contributed by atoms with van der Waals surface area (Å²) in [7, 11) is -0.493. The summed E-state index contributed by atoms with van der Waals surface area (Å²) >= 11 is 0. The van der Waals surface area contributed by atoms with Crippen LogP contribution in [0.1, 0.15) is 5.56 Å². The summed E-state index contributed by atoms with van der Waals surface area (Å²) < 4.78 is 0. The van der Waals surface area contributed by atoms with E-state index in [9.17, 15) is 0 Å². The smallest absolute Gasteiger partial charge is 1.00 e. The van der Waals surface area contributed by atoms with Gasteiger partial charge in [-0.2, -0.15) is 12.1 Å². The fraction of sp³-hybridized carbons (Fsp3) is 0.0323. The summed E-state index contributed by atoms with van der Waals surface area (Å²) in [6.45, 7) is 2.12. The summed E-state index contributed by atoms with van der Waals surface area (Å²) in [6, 6.07) is 47.8. The SMILES string of the molecule is Cc1cc2ccccc2[cH-]1.[Cl-].[Cl-].[Ti+4].c1ccc(P(c2ccccc2)c2cc3ccccc3[cH-]2)cc1. The Balaban J connectivity index is 0.000000284. The minimum Gasteiger partial charge on any atom is -1.00 e. The Bertz CT molecular complexity index is 1330. The fourth-order valence-electron chi connectivity index (χ4n) is 4.17. The van der Waals surface area contributed by atoms with Crippen LogP contribution in [0, 0.1) is 6.92 Å². The summed E-state index contributed by atoms with van der Waals surface area (Å²) in [5.41, 5.74) is 1.35. The van der Waals surface area contributed by atoms with Crippen LogP contribution in [-0.4, -0.2) is 0 Å². The van der Waals surface area contributed by atoms with Crippen LogP contribution in [0.25, 0.3) is 21.5 Å². The summed E-state index contributed by atoms with van der Waals surface area (Å²) in [6.07, 6.45) is 0. The van der Waals surface area contributed by atoms with E-state index in [0.717, 1.165) is 0 Å². The van der Waals surface area contributed by atoms with Gasteiger partial charge >= 0.3 is 21.7 Å². The van der Waals surface area contributed by atoms with E-state index in [2.05, 4.69) is 140 Å². The van der Waals surface area contributed by atoms with Crippen molar-refractivity contribution in [3.8, 4) is 0 Å². The van der Waals surface area contributed by atoms with Crippen molar-refractivity contribution in [2.45, 2.75) is 6.92 Å². The van der Waals surface area contributed by atoms with E-state index in [1.54, 1.807) is 0 Å². The minimum atomic E-state index is -0.493. The van der Waals surface area contributed by atoms with E-state index in [4.69, 9.17) is 0 Å². The monoisotopic (exact) mass is 546 g/mol. The van der Waals surface area contributed by atoms with Crippen molar-refractivity contribution in [1.82, 2.24) is 0 Å². The zero-order chi connectivity index (χ0) is 21.8. The zero-order valence-corrected chi connectivity index (χ0v) is 23.4. The molecule has 0 aliphatic heterocycles. The molecule has 0 aromatic heterocycles. The van der Waals surface area contributed by atoms with Gasteiger partial charge in [-0.1, -0.05) is 79.7 Å². The van der Waals surface area contributed by atoms with E-state index in [0.29, 0.717) is 0 Å². The van der Waals surface area contributed by atoms with Gasteiger partial charge in [-0.05, 0) is 18.5 Å². The van der Waals surface area contributed by atoms with Gasteiger partial charge in [-0.25, -0.2) is 0 Å². The molecule has 0 unspecified atom stereocenters. The van der Waals surface area contributed by atoms with Gasteiger partial charge < -0.3 is 24.8 Å². The third kappa shape index (κ3) is 6.95. The number of benzene rings is 4. The van der Waals surface area contributed by atoms with Gasteiger partial charge in [0, 0.05) is 0 Å². The average molecular weight is 547 g/mol. The maximum absolute atomic E-state index is 2.35. The molecule has 4 heteroatoms. The fourth-order valence-corrected chi connectivity index (χ4v) is 6.54. The molecule has 0 aliphatic carbocycles. The molecule has 35 heavy (non-hydrogen) atoms. The van der Waals surface area contributed by atoms with Crippen molar-refractivity contribution < 1.29 is 46.5 Å². The summed E-state index contributed by atoms with van der Waals surface area (Å²) in [4.78, 5) is 0. The Labute approximate surface area is 236 Å². The van der Waals surface area contributed by atoms with E-state index in [1.165, 1.54) is 43.0 Å². The first kappa shape index (κ1) is 29.1. The van der Waals surface area contributed by atoms with Crippen molar-refractivity contribution in [3.63, 3.8) is 0 Å². The molecule has 172 valence electrons. The number of hydrogen-bond acceptors (Lipinski definition) is 0. The number of aryl methyl sites for hydroxylation is 1. The molecule has 6 rings (SSSR count). The molecule has 6 aromatic carbocycles. The molecule has 0 fully saturated rings. The van der Waals surface area contributed by atoms with Crippen LogP contribution in [-0.2, 0) is 21.7 Å². The molecule has 6 aromatic rings. The summed E-state index contributed by atoms with van der Waals surface area (Å²) in [5, 5.41) is 9.58. The Morgan fingerprint density at radius 1 is 0.514 bits per heavy atom. The molecule has 0 atom stereocenters. The largest absolute Gasteiger partial charge is 4.00 e. The molecule has 0 saturated heterocycles. The molecular formula is C31H25Cl2PTi. The topological polar surface area (TPSA) is 0 Å². The van der Waals surface area contributed by atoms with Gasteiger partial charge in [-0.3, -0.25) is 0 Å². The van der Waals surface area contributed by atoms with Crippen LogP contribution in [0.5, 0.6) is 0 Å². The van der Waals surface area contributed by atoms with Crippen molar-refractivity contribution in [2.75, 3.05) is 0 Å². The standard InChI is InChI=1S/C21H16P.C10H9.2ClH.Ti/c1-3-11-19(12-4-1)22(20-13-5-2-6-14-20)21-15-17-9-7-8-10-18(17)16-21;1-8-6-9-4-2-3-5-10(9)7-8;;;/h1-16H;2-7H,1H3;2*1H;/q2*-1;;;+4/p-2. The first-order chi connectivity index (χ1) is 15.8. The maximum atomic E-state index is 2.35. The third-order valence-electron chi connectivity index (χ3n) is 5.65. The van der Waals surface area contributed by atoms with E-state index in [1.807, 2.05) is 0 Å². The van der Waals surface area contributed by atoms with Gasteiger partial charge in [0.15, 0.2) is 0 Å². The van der Waals surface area contributed by atoms with Gasteiger partial charge in [0.05, 0.1) is 0 Å². The normalized spacial score (nSPS) is 10.0. The zero-order valence-electron chi connectivity index (χ0n) is 19.4. The average Bonchev–Trinajstić information content (AvgIpc) is 3.43. The van der Waals surface area contributed by atoms with Crippen LogP contribution >= 0.6 is 7.92 Å². The molecule has 0 nitrogen and oxygen atoms in total. The molecule has 0 bridgehead atoms. The Morgan fingerprint density at radius 3 is 1.43 bits per heavy atom. The first-order valence-electron chi connectivity index (χ1n) is 11.0. The first-order valence-corrected chi connectivity index (χ1v) is 12.3. The second kappa shape index (κ2) is 13.8. The number of rotatable bonds is 3. The Kier molecular flexibility index (Phi) is 11.4. The van der Waals surface area contributed by atoms with Crippen LogP contribution < -0.4 is 40.7 Å². The van der Waals surface area contributed by atoms with E-state index in [-0.39, 0.29) is 46.5 Å². The number of hydrogen-bond donors (Lipinski definition) is 0. The molecule has 0 radical (unpaired) electrons. The third-order valence-corrected chi connectivity index (χ3v) is 8.06. The van der Waals surface area contributed by atoms with Crippen molar-refractivity contribution >= 4 is 45.4 Å². The quantitative estimate of drug-likeness (QED) is 0.178. The van der Waals surface area contributed by atoms with Crippen LogP contribution in [0.15, 0.2) is 133 Å². The van der Waals surface area contributed by atoms with Gasteiger partial charge in [0.25, 0.3) is 0 Å². The van der Waals surface area contributed by atoms with Crippen LogP contribution in [0.4, 0.5) is 0 Å². The number of halogens is 2. The molecule has 0 heterocycles. The molecule has 0 spiro atoms. The molecule has 0 N–H and O–H groups in total. The van der Waals surface area contributed by atoms with Crippen molar-refractivity contribution in [3.05, 3.63) is 139 Å². The second-order valence-corrected chi connectivity index (χ2v) is 10.2. The predicted octanol–water partition coefficient (Wildman–Crippen LogP) is 1.19. The van der Waals surface area contributed by atoms with Crippen molar-refractivity contribution in [2.24, 2.45) is 0 Å². The second-order valence-electron chi connectivity index (χ2n) is 8.01. The van der Waals surface area contributed by atoms with E-state index < -0.39 is 7.92 Å². The molecular weight excluding hydrogens is 522 g/mol. The summed E-state index contributed by atoms with van der Waals surface area (Å²) in [5.74, 6) is 0. The van der Waals surface area contributed by atoms with Gasteiger partial charge in [0.1, 0.15) is 0 Å². The Hall–Kier alpha value is -2.18.